The Labute approximate surface area is 242 Å². The van der Waals surface area contributed by atoms with Crippen molar-refractivity contribution in [1.82, 2.24) is 29.4 Å². The Morgan fingerprint density at radius 3 is 2.71 bits per heavy atom. The molecular formula is C29H32ClFN6O4. The highest BCUT2D eigenvalue weighted by molar-refractivity contribution is 6.33. The van der Waals surface area contributed by atoms with Gasteiger partial charge in [-0.2, -0.15) is 10.2 Å². The van der Waals surface area contributed by atoms with Crippen LogP contribution in [0.15, 0.2) is 42.7 Å². The predicted molar refractivity (Wildman–Crippen MR) is 152 cm³/mol. The third kappa shape index (κ3) is 6.36. The van der Waals surface area contributed by atoms with Gasteiger partial charge in [-0.3, -0.25) is 9.36 Å². The van der Waals surface area contributed by atoms with Crippen molar-refractivity contribution in [2.24, 2.45) is 7.05 Å². The van der Waals surface area contributed by atoms with E-state index in [4.69, 9.17) is 35.9 Å². The zero-order valence-corrected chi connectivity index (χ0v) is 24.0. The van der Waals surface area contributed by atoms with Gasteiger partial charge in [0.1, 0.15) is 23.9 Å². The standard InChI is InChI=1S/C29H32ClFN6O4/c1-4-5-10-41-29(38)36-8-9-37-21(18-36)14-25(34-37)28-23(15-24(30)27(33-28)19-16-32-35(2)17-19)22-7-6-20(31)13-26(22)40-12-11-39-3/h6-7,13-17H,4-5,8-12,18H2,1-3H3. The number of unbranched alkanes of at least 4 members (excludes halogenated alkanes) is 1. The Hall–Kier alpha value is -3.96. The van der Waals surface area contributed by atoms with E-state index in [1.807, 2.05) is 30.9 Å². The molecule has 216 valence electrons. The molecule has 0 bridgehead atoms. The molecule has 1 aromatic carbocycles. The molecule has 3 aromatic heterocycles. The van der Waals surface area contributed by atoms with E-state index in [-0.39, 0.29) is 12.7 Å². The van der Waals surface area contributed by atoms with E-state index in [2.05, 4.69) is 5.10 Å². The molecule has 1 aliphatic heterocycles. The largest absolute Gasteiger partial charge is 0.490 e. The van der Waals surface area contributed by atoms with E-state index in [9.17, 15) is 9.18 Å². The van der Waals surface area contributed by atoms with Crippen LogP contribution in [0.25, 0.3) is 33.8 Å². The summed E-state index contributed by atoms with van der Waals surface area (Å²) >= 11 is 6.78. The Balaban J connectivity index is 1.57. The third-order valence-electron chi connectivity index (χ3n) is 6.76. The molecule has 10 nitrogen and oxygen atoms in total. The SMILES string of the molecule is CCCCOC(=O)N1CCn2nc(-c3nc(-c4cnn(C)c4)c(Cl)cc3-c3ccc(F)cc3OCCOC)cc2C1. The molecule has 5 rings (SSSR count). The summed E-state index contributed by atoms with van der Waals surface area (Å²) in [6, 6.07) is 8.04. The lowest BCUT2D eigenvalue weighted by atomic mass is 9.99. The number of carbonyl (C=O) groups is 1. The fraction of sp³-hybridized carbons (Fsp3) is 0.379. The highest BCUT2D eigenvalue weighted by atomic mass is 35.5. The lowest BCUT2D eigenvalue weighted by Crippen LogP contribution is -2.38. The lowest BCUT2D eigenvalue weighted by molar-refractivity contribution is 0.0904. The first-order valence-electron chi connectivity index (χ1n) is 13.5. The van der Waals surface area contributed by atoms with E-state index >= 15 is 0 Å². The van der Waals surface area contributed by atoms with Gasteiger partial charge in [0.25, 0.3) is 0 Å². The van der Waals surface area contributed by atoms with E-state index in [0.29, 0.717) is 71.8 Å². The fourth-order valence-electron chi connectivity index (χ4n) is 4.64. The average Bonchev–Trinajstić information content (AvgIpc) is 3.59. The monoisotopic (exact) mass is 582 g/mol. The molecule has 0 N–H and O–H groups in total. The number of nitrogens with zero attached hydrogens (tertiary/aromatic N) is 6. The van der Waals surface area contributed by atoms with Gasteiger partial charge in [-0.1, -0.05) is 24.9 Å². The predicted octanol–water partition coefficient (Wildman–Crippen LogP) is 5.58. The molecule has 4 heterocycles. The molecule has 1 aliphatic rings. The zero-order valence-electron chi connectivity index (χ0n) is 23.3. The summed E-state index contributed by atoms with van der Waals surface area (Å²) in [5.74, 6) is -0.0996. The molecule has 0 fully saturated rings. The van der Waals surface area contributed by atoms with E-state index in [0.717, 1.165) is 24.1 Å². The van der Waals surface area contributed by atoms with Crippen molar-refractivity contribution < 1.29 is 23.4 Å². The maximum absolute atomic E-state index is 14.3. The normalized spacial score (nSPS) is 12.9. The number of hydrogen-bond donors (Lipinski definition) is 0. The van der Waals surface area contributed by atoms with Gasteiger partial charge < -0.3 is 19.1 Å². The van der Waals surface area contributed by atoms with Crippen LogP contribution in [-0.2, 0) is 29.6 Å². The number of halogens is 2. The van der Waals surface area contributed by atoms with Crippen molar-refractivity contribution >= 4 is 17.7 Å². The molecule has 12 heteroatoms. The number of pyridine rings is 1. The number of benzene rings is 1. The topological polar surface area (TPSA) is 96.5 Å². The van der Waals surface area contributed by atoms with Crippen LogP contribution >= 0.6 is 11.6 Å². The molecule has 0 aliphatic carbocycles. The number of aromatic nitrogens is 5. The van der Waals surface area contributed by atoms with Crippen LogP contribution in [0.3, 0.4) is 0 Å². The van der Waals surface area contributed by atoms with E-state index < -0.39 is 5.82 Å². The maximum atomic E-state index is 14.3. The minimum Gasteiger partial charge on any atom is -0.490 e. The summed E-state index contributed by atoms with van der Waals surface area (Å²) < 4.78 is 34.3. The Morgan fingerprint density at radius 2 is 1.95 bits per heavy atom. The zero-order chi connectivity index (χ0) is 28.9. The minimum absolute atomic E-state index is 0.236. The van der Waals surface area contributed by atoms with Gasteiger partial charge in [0.05, 0.1) is 54.6 Å². The molecule has 0 radical (unpaired) electrons. The molecule has 0 unspecified atom stereocenters. The Morgan fingerprint density at radius 1 is 1.10 bits per heavy atom. The summed E-state index contributed by atoms with van der Waals surface area (Å²) in [4.78, 5) is 19.2. The third-order valence-corrected chi connectivity index (χ3v) is 7.04. The molecule has 0 saturated carbocycles. The first-order valence-corrected chi connectivity index (χ1v) is 13.9. The van der Waals surface area contributed by atoms with Crippen LogP contribution in [0.1, 0.15) is 25.5 Å². The second-order valence-electron chi connectivity index (χ2n) is 9.73. The molecule has 0 spiro atoms. The molecule has 1 amide bonds. The van der Waals surface area contributed by atoms with Crippen LogP contribution in [0.2, 0.25) is 5.02 Å². The van der Waals surface area contributed by atoms with Crippen LogP contribution in [0.5, 0.6) is 5.75 Å². The number of fused-ring (bicyclic) bond motifs is 1. The number of methoxy groups -OCH3 is 1. The summed E-state index contributed by atoms with van der Waals surface area (Å²) in [5, 5.41) is 9.51. The van der Waals surface area contributed by atoms with Gasteiger partial charge in [0.15, 0.2) is 0 Å². The van der Waals surface area contributed by atoms with Crippen molar-refractivity contribution in [2.45, 2.75) is 32.9 Å². The van der Waals surface area contributed by atoms with Gasteiger partial charge >= 0.3 is 6.09 Å². The van der Waals surface area contributed by atoms with Crippen molar-refractivity contribution in [3.05, 3.63) is 59.3 Å². The maximum Gasteiger partial charge on any atom is 0.410 e. The Kier molecular flexibility index (Phi) is 8.84. The number of amides is 1. The van der Waals surface area contributed by atoms with Crippen molar-refractivity contribution in [1.29, 1.82) is 0 Å². The van der Waals surface area contributed by atoms with Crippen molar-refractivity contribution in [2.75, 3.05) is 33.5 Å². The summed E-state index contributed by atoms with van der Waals surface area (Å²) in [6.45, 7) is 4.38. The van der Waals surface area contributed by atoms with Crippen LogP contribution in [0, 0.1) is 5.82 Å². The van der Waals surface area contributed by atoms with Gasteiger partial charge in [-0.05, 0) is 30.7 Å². The molecular weight excluding hydrogens is 551 g/mol. The lowest BCUT2D eigenvalue weighted by Gasteiger charge is -2.26. The average molecular weight is 583 g/mol. The Bertz CT molecular complexity index is 1540. The molecule has 0 atom stereocenters. The summed E-state index contributed by atoms with van der Waals surface area (Å²) in [7, 11) is 3.39. The van der Waals surface area contributed by atoms with Gasteiger partial charge in [-0.25, -0.2) is 14.2 Å². The highest BCUT2D eigenvalue weighted by Gasteiger charge is 2.26. The van der Waals surface area contributed by atoms with Gasteiger partial charge in [0.2, 0.25) is 0 Å². The number of aryl methyl sites for hydroxylation is 1. The minimum atomic E-state index is -0.433. The smallest absolute Gasteiger partial charge is 0.410 e. The van der Waals surface area contributed by atoms with Crippen LogP contribution in [0.4, 0.5) is 9.18 Å². The highest BCUT2D eigenvalue weighted by Crippen LogP contribution is 2.41. The van der Waals surface area contributed by atoms with Crippen LogP contribution < -0.4 is 4.74 Å². The van der Waals surface area contributed by atoms with Crippen molar-refractivity contribution in [3.8, 4) is 39.5 Å². The number of rotatable bonds is 10. The summed E-state index contributed by atoms with van der Waals surface area (Å²) in [6.07, 6.45) is 4.96. The first-order chi connectivity index (χ1) is 19.9. The summed E-state index contributed by atoms with van der Waals surface area (Å²) in [5.41, 5.74) is 4.49. The first kappa shape index (κ1) is 28.6. The number of hydrogen-bond acceptors (Lipinski definition) is 7. The quantitative estimate of drug-likeness (QED) is 0.225. The van der Waals surface area contributed by atoms with E-state index in [1.165, 1.54) is 12.1 Å². The molecule has 0 saturated heterocycles. The molecule has 41 heavy (non-hydrogen) atoms. The van der Waals surface area contributed by atoms with Crippen LogP contribution in [-0.4, -0.2) is 69.0 Å². The second kappa shape index (κ2) is 12.7. The second-order valence-corrected chi connectivity index (χ2v) is 10.1. The number of ether oxygens (including phenoxy) is 3. The van der Waals surface area contributed by atoms with Gasteiger partial charge in [0, 0.05) is 49.7 Å². The van der Waals surface area contributed by atoms with E-state index in [1.54, 1.807) is 35.0 Å². The fourth-order valence-corrected chi connectivity index (χ4v) is 4.90. The van der Waals surface area contributed by atoms with Gasteiger partial charge in [-0.15, -0.1) is 0 Å². The van der Waals surface area contributed by atoms with Crippen molar-refractivity contribution in [3.63, 3.8) is 0 Å². The number of carbonyl (C=O) groups excluding carboxylic acids is 1. The molecule has 4 aromatic rings.